The summed E-state index contributed by atoms with van der Waals surface area (Å²) >= 11 is 3.21. The van der Waals surface area contributed by atoms with Gasteiger partial charge in [-0.25, -0.2) is 0 Å². The summed E-state index contributed by atoms with van der Waals surface area (Å²) in [5.41, 5.74) is 8.75. The third-order valence-corrected chi connectivity index (χ3v) is 10.1. The highest BCUT2D eigenvalue weighted by molar-refractivity contribution is 7.14. The second-order valence-corrected chi connectivity index (χ2v) is 12.4. The molecular weight excluding hydrogens is 510 g/mol. The van der Waals surface area contributed by atoms with E-state index in [0.29, 0.717) is 6.42 Å². The number of hydrogen-bond donors (Lipinski definition) is 3. The molecule has 0 fully saturated rings. The summed E-state index contributed by atoms with van der Waals surface area (Å²) in [7, 11) is 0. The number of anilines is 1. The fourth-order valence-electron chi connectivity index (χ4n) is 5.43. The first-order valence-corrected chi connectivity index (χ1v) is 14.8. The lowest BCUT2D eigenvalue weighted by Crippen LogP contribution is -2.21. The largest absolute Gasteiger partial charge is 0.321 e. The monoisotopic (exact) mass is 541 g/mol. The van der Waals surface area contributed by atoms with Crippen molar-refractivity contribution in [3.63, 3.8) is 0 Å². The molecular formula is C31H31N3O2S2. The van der Waals surface area contributed by atoms with Crippen molar-refractivity contribution in [2.75, 3.05) is 18.4 Å². The van der Waals surface area contributed by atoms with Gasteiger partial charge in [-0.05, 0) is 96.9 Å². The number of thiophene rings is 2. The van der Waals surface area contributed by atoms with Gasteiger partial charge in [0.2, 0.25) is 0 Å². The minimum Gasteiger partial charge on any atom is -0.321 e. The van der Waals surface area contributed by atoms with E-state index in [1.165, 1.54) is 20.9 Å². The third-order valence-electron chi connectivity index (χ3n) is 7.67. The summed E-state index contributed by atoms with van der Waals surface area (Å²) in [5, 5.41) is 9.92. The van der Waals surface area contributed by atoms with Gasteiger partial charge in [-0.2, -0.15) is 0 Å². The molecule has 0 aliphatic carbocycles. The van der Waals surface area contributed by atoms with Crippen molar-refractivity contribution in [3.8, 4) is 11.1 Å². The van der Waals surface area contributed by atoms with Crippen LogP contribution in [0.3, 0.4) is 0 Å². The van der Waals surface area contributed by atoms with Gasteiger partial charge in [0, 0.05) is 35.0 Å². The van der Waals surface area contributed by atoms with Gasteiger partial charge >= 0.3 is 0 Å². The first-order chi connectivity index (χ1) is 18.5. The summed E-state index contributed by atoms with van der Waals surface area (Å²) in [6.45, 7) is 7.78. The molecule has 3 N–H and O–H groups in total. The second kappa shape index (κ2) is 10.6. The lowest BCUT2D eigenvalue weighted by atomic mass is 9.91. The number of benzene rings is 2. The number of Topliss-reactive ketones (excluding diaryl/α,β-unsaturated/α-hetero) is 1. The van der Waals surface area contributed by atoms with E-state index in [1.54, 1.807) is 22.7 Å². The van der Waals surface area contributed by atoms with E-state index in [0.717, 1.165) is 82.3 Å². The molecule has 2 aromatic carbocycles. The van der Waals surface area contributed by atoms with Crippen molar-refractivity contribution in [1.29, 1.82) is 0 Å². The average Bonchev–Trinajstić information content (AvgIpc) is 3.56. The number of amides is 1. The summed E-state index contributed by atoms with van der Waals surface area (Å²) < 4.78 is 0. The molecule has 0 bridgehead atoms. The Labute approximate surface area is 231 Å². The van der Waals surface area contributed by atoms with E-state index in [1.807, 2.05) is 24.3 Å². The molecule has 0 radical (unpaired) electrons. The van der Waals surface area contributed by atoms with Crippen molar-refractivity contribution >= 4 is 40.1 Å². The zero-order valence-corrected chi connectivity index (χ0v) is 23.3. The Bertz CT molecular complexity index is 1390. The summed E-state index contributed by atoms with van der Waals surface area (Å²) in [4.78, 5) is 30.5. The van der Waals surface area contributed by atoms with Crippen LogP contribution in [0.5, 0.6) is 0 Å². The van der Waals surface area contributed by atoms with Gasteiger partial charge in [-0.15, -0.1) is 22.7 Å². The van der Waals surface area contributed by atoms with Crippen molar-refractivity contribution < 1.29 is 9.59 Å². The Morgan fingerprint density at radius 2 is 1.42 bits per heavy atom. The Kier molecular flexibility index (Phi) is 7.01. The minimum absolute atomic E-state index is 0.0606. The van der Waals surface area contributed by atoms with E-state index in [4.69, 9.17) is 0 Å². The molecule has 0 spiro atoms. The molecule has 5 nitrogen and oxygen atoms in total. The first kappa shape index (κ1) is 25.2. The first-order valence-electron chi connectivity index (χ1n) is 13.2. The van der Waals surface area contributed by atoms with Crippen LogP contribution >= 0.6 is 22.7 Å². The van der Waals surface area contributed by atoms with Crippen molar-refractivity contribution in [1.82, 2.24) is 10.6 Å². The predicted molar refractivity (Wildman–Crippen MR) is 157 cm³/mol. The van der Waals surface area contributed by atoms with Gasteiger partial charge < -0.3 is 16.0 Å². The maximum Gasteiger partial charge on any atom is 0.265 e. The number of carbonyl (C=O) groups excluding carboxylic acids is 2. The van der Waals surface area contributed by atoms with E-state index < -0.39 is 0 Å². The van der Waals surface area contributed by atoms with Crippen LogP contribution in [0, 0.1) is 13.8 Å². The molecule has 0 unspecified atom stereocenters. The predicted octanol–water partition coefficient (Wildman–Crippen LogP) is 6.06. The summed E-state index contributed by atoms with van der Waals surface area (Å²) in [5.74, 6) is 0.116. The van der Waals surface area contributed by atoms with E-state index in [2.05, 4.69) is 54.1 Å². The van der Waals surface area contributed by atoms with Crippen LogP contribution in [0.1, 0.15) is 56.9 Å². The molecule has 4 heterocycles. The highest BCUT2D eigenvalue weighted by Crippen LogP contribution is 2.34. The van der Waals surface area contributed by atoms with Gasteiger partial charge in [0.15, 0.2) is 5.78 Å². The minimum atomic E-state index is -0.0606. The normalized spacial score (nSPS) is 14.6. The van der Waals surface area contributed by atoms with Gasteiger partial charge in [-0.1, -0.05) is 30.3 Å². The van der Waals surface area contributed by atoms with Crippen LogP contribution in [0.2, 0.25) is 0 Å². The molecule has 1 amide bonds. The molecule has 0 atom stereocenters. The van der Waals surface area contributed by atoms with Crippen molar-refractivity contribution in [2.45, 2.75) is 46.2 Å². The van der Waals surface area contributed by atoms with Gasteiger partial charge in [-0.3, -0.25) is 9.59 Å². The number of hydrogen-bond acceptors (Lipinski definition) is 6. The van der Waals surface area contributed by atoms with Crippen LogP contribution in [0.4, 0.5) is 5.69 Å². The van der Waals surface area contributed by atoms with Crippen LogP contribution in [-0.2, 0) is 32.4 Å². The maximum absolute atomic E-state index is 13.2. The third kappa shape index (κ3) is 4.87. The fraction of sp³-hybridized carbons (Fsp3) is 0.290. The average molecular weight is 542 g/mol. The topological polar surface area (TPSA) is 70.2 Å². The SMILES string of the molecule is Cc1c(CC(=O)c2cc3c(s2)CNCC3)cccc1-c1cccc(NC(=O)c2cc3c(s2)CNCC3)c1C. The number of carbonyl (C=O) groups is 2. The lowest BCUT2D eigenvalue weighted by Gasteiger charge is -2.16. The van der Waals surface area contributed by atoms with Crippen molar-refractivity contribution in [2.24, 2.45) is 0 Å². The summed E-state index contributed by atoms with van der Waals surface area (Å²) in [6.07, 6.45) is 2.35. The van der Waals surface area contributed by atoms with Crippen LogP contribution < -0.4 is 16.0 Å². The Morgan fingerprint density at radius 3 is 2.11 bits per heavy atom. The Balaban J connectivity index is 1.23. The molecule has 6 rings (SSSR count). The van der Waals surface area contributed by atoms with Gasteiger partial charge in [0.25, 0.3) is 5.91 Å². The van der Waals surface area contributed by atoms with E-state index >= 15 is 0 Å². The van der Waals surface area contributed by atoms with Crippen LogP contribution in [0.15, 0.2) is 48.5 Å². The van der Waals surface area contributed by atoms with E-state index in [9.17, 15) is 9.59 Å². The number of fused-ring (bicyclic) bond motifs is 2. The fourth-order valence-corrected chi connectivity index (χ4v) is 7.62. The van der Waals surface area contributed by atoms with E-state index in [-0.39, 0.29) is 11.7 Å². The van der Waals surface area contributed by atoms with Gasteiger partial charge in [0.05, 0.1) is 9.75 Å². The highest BCUT2D eigenvalue weighted by Gasteiger charge is 2.20. The quantitative estimate of drug-likeness (QED) is 0.260. The lowest BCUT2D eigenvalue weighted by molar-refractivity contribution is 0.0994. The molecule has 194 valence electrons. The highest BCUT2D eigenvalue weighted by atomic mass is 32.1. The molecule has 0 saturated carbocycles. The molecule has 2 aliphatic heterocycles. The number of ketones is 1. The second-order valence-electron chi connectivity index (χ2n) is 10.1. The molecule has 38 heavy (non-hydrogen) atoms. The molecule has 0 saturated heterocycles. The van der Waals surface area contributed by atoms with Gasteiger partial charge in [0.1, 0.15) is 0 Å². The molecule has 7 heteroatoms. The number of rotatable bonds is 6. The van der Waals surface area contributed by atoms with Crippen molar-refractivity contribution in [3.05, 3.63) is 95.9 Å². The zero-order chi connectivity index (χ0) is 26.2. The zero-order valence-electron chi connectivity index (χ0n) is 21.7. The smallest absolute Gasteiger partial charge is 0.265 e. The van der Waals surface area contributed by atoms with Crippen LogP contribution in [-0.4, -0.2) is 24.8 Å². The van der Waals surface area contributed by atoms with Crippen LogP contribution in [0.25, 0.3) is 11.1 Å². The Hall–Kier alpha value is -3.10. The maximum atomic E-state index is 13.2. The number of nitrogens with one attached hydrogen (secondary N) is 3. The standard InChI is InChI=1S/C31H31N3O2S2/c1-18-20(13-26(35)27-14-21-9-11-32-16-29(21)37-27)5-3-6-23(18)24-7-4-8-25(19(24)2)34-31(36)28-15-22-10-12-33-17-30(22)38-28/h3-8,14-15,32-33H,9-13,16-17H2,1-2H3,(H,34,36). The molecule has 2 aromatic heterocycles. The molecule has 2 aliphatic rings. The molecule has 4 aromatic rings. The Morgan fingerprint density at radius 1 is 0.816 bits per heavy atom. The summed E-state index contributed by atoms with van der Waals surface area (Å²) in [6, 6.07) is 16.4.